The number of aromatic nitrogens is 4. The van der Waals surface area contributed by atoms with Crippen LogP contribution in [0.2, 0.25) is 0 Å². The lowest BCUT2D eigenvalue weighted by Gasteiger charge is -2.12. The van der Waals surface area contributed by atoms with E-state index in [1.54, 1.807) is 11.3 Å². The molecular weight excluding hydrogens is 290 g/mol. The van der Waals surface area contributed by atoms with Gasteiger partial charge in [0.25, 0.3) is 0 Å². The molecule has 9 heteroatoms. The summed E-state index contributed by atoms with van der Waals surface area (Å²) in [6.45, 7) is 6.50. The third-order valence-corrected chi connectivity index (χ3v) is 3.68. The normalized spacial score (nSPS) is 12.0. The molecule has 114 valence electrons. The van der Waals surface area contributed by atoms with Crippen LogP contribution in [0.4, 0.5) is 11.9 Å². The number of aryl methyl sites for hydroxylation is 1. The van der Waals surface area contributed by atoms with Crippen LogP contribution in [0.15, 0.2) is 5.38 Å². The van der Waals surface area contributed by atoms with E-state index in [1.165, 1.54) is 0 Å². The Morgan fingerprint density at radius 1 is 1.29 bits per heavy atom. The maximum Gasteiger partial charge on any atom is 0.323 e. The number of hydrazine groups is 1. The molecule has 1 unspecified atom stereocenters. The molecule has 0 fully saturated rings. The number of ether oxygens (including phenoxy) is 1. The fourth-order valence-electron chi connectivity index (χ4n) is 1.57. The number of nitrogen functional groups attached to an aromatic ring is 1. The lowest BCUT2D eigenvalue weighted by molar-refractivity contribution is 0.292. The average Bonchev–Trinajstić information content (AvgIpc) is 2.91. The quantitative estimate of drug-likeness (QED) is 0.525. The lowest BCUT2D eigenvalue weighted by Crippen LogP contribution is -2.16. The van der Waals surface area contributed by atoms with Crippen LogP contribution in [0, 0.1) is 6.92 Å². The van der Waals surface area contributed by atoms with Crippen LogP contribution in [-0.4, -0.2) is 26.5 Å². The minimum Gasteiger partial charge on any atom is -0.463 e. The van der Waals surface area contributed by atoms with Gasteiger partial charge in [-0.3, -0.25) is 5.43 Å². The van der Waals surface area contributed by atoms with Gasteiger partial charge in [0.2, 0.25) is 11.9 Å². The second-order valence-electron chi connectivity index (χ2n) is 4.45. The molecule has 0 spiro atoms. The molecule has 21 heavy (non-hydrogen) atoms. The maximum atomic E-state index is 5.42. The highest BCUT2D eigenvalue weighted by Gasteiger charge is 2.13. The molecule has 0 aliphatic heterocycles. The Hall–Kier alpha value is -2.00. The lowest BCUT2D eigenvalue weighted by atomic mass is 10.3. The number of anilines is 2. The van der Waals surface area contributed by atoms with E-state index in [0.29, 0.717) is 12.6 Å². The summed E-state index contributed by atoms with van der Waals surface area (Å²) in [7, 11) is 0. The van der Waals surface area contributed by atoms with Crippen molar-refractivity contribution in [2.75, 3.05) is 17.3 Å². The van der Waals surface area contributed by atoms with Gasteiger partial charge in [-0.2, -0.15) is 15.0 Å². The van der Waals surface area contributed by atoms with Gasteiger partial charge >= 0.3 is 6.01 Å². The van der Waals surface area contributed by atoms with E-state index in [9.17, 15) is 0 Å². The van der Waals surface area contributed by atoms with Gasteiger partial charge in [-0.05, 0) is 20.3 Å². The zero-order chi connectivity index (χ0) is 15.2. The first-order valence-corrected chi connectivity index (χ1v) is 7.54. The number of nitrogens with one attached hydrogen (secondary N) is 2. The number of hydrogen-bond acceptors (Lipinski definition) is 9. The van der Waals surface area contributed by atoms with Crippen LogP contribution >= 0.6 is 11.3 Å². The van der Waals surface area contributed by atoms with Gasteiger partial charge in [0.15, 0.2) is 0 Å². The van der Waals surface area contributed by atoms with Gasteiger partial charge < -0.3 is 10.1 Å². The van der Waals surface area contributed by atoms with Crippen molar-refractivity contribution < 1.29 is 4.74 Å². The molecule has 2 aromatic rings. The predicted octanol–water partition coefficient (Wildman–Crippen LogP) is 1.88. The number of nitrogens with zero attached hydrogens (tertiary/aromatic N) is 4. The molecule has 0 amide bonds. The van der Waals surface area contributed by atoms with Gasteiger partial charge in [-0.1, -0.05) is 6.92 Å². The molecule has 1 atom stereocenters. The summed E-state index contributed by atoms with van der Waals surface area (Å²) in [5.41, 5.74) is 3.40. The molecule has 4 N–H and O–H groups in total. The summed E-state index contributed by atoms with van der Waals surface area (Å²) in [5, 5.41) is 6.14. The van der Waals surface area contributed by atoms with Gasteiger partial charge in [-0.25, -0.2) is 10.8 Å². The predicted molar refractivity (Wildman–Crippen MR) is 82.3 cm³/mol. The van der Waals surface area contributed by atoms with Crippen molar-refractivity contribution in [1.29, 1.82) is 0 Å². The topological polar surface area (TPSA) is 111 Å². The van der Waals surface area contributed by atoms with Crippen molar-refractivity contribution in [2.24, 2.45) is 5.84 Å². The Morgan fingerprint density at radius 2 is 2.05 bits per heavy atom. The van der Waals surface area contributed by atoms with Crippen molar-refractivity contribution in [2.45, 2.75) is 33.2 Å². The second-order valence-corrected chi connectivity index (χ2v) is 5.34. The van der Waals surface area contributed by atoms with Gasteiger partial charge in [-0.15, -0.1) is 11.3 Å². The minimum atomic E-state index is -0.0178. The zero-order valence-corrected chi connectivity index (χ0v) is 13.1. The molecule has 2 heterocycles. The summed E-state index contributed by atoms with van der Waals surface area (Å²) in [4.78, 5) is 16.9. The third-order valence-electron chi connectivity index (χ3n) is 2.53. The van der Waals surface area contributed by atoms with E-state index < -0.39 is 0 Å². The van der Waals surface area contributed by atoms with Crippen LogP contribution in [-0.2, 0) is 0 Å². The number of nitrogens with two attached hydrogens (primary N) is 1. The van der Waals surface area contributed by atoms with Crippen LogP contribution in [0.5, 0.6) is 6.01 Å². The van der Waals surface area contributed by atoms with E-state index in [4.69, 9.17) is 10.6 Å². The van der Waals surface area contributed by atoms with Crippen molar-refractivity contribution in [3.05, 3.63) is 16.1 Å². The number of thiazole rings is 1. The first kappa shape index (κ1) is 15.4. The molecular formula is C12H19N7OS. The first-order valence-electron chi connectivity index (χ1n) is 6.66. The largest absolute Gasteiger partial charge is 0.463 e. The second kappa shape index (κ2) is 7.14. The molecule has 0 radical (unpaired) electrons. The molecule has 0 aliphatic carbocycles. The van der Waals surface area contributed by atoms with Crippen molar-refractivity contribution in [1.82, 2.24) is 19.9 Å². The summed E-state index contributed by atoms with van der Waals surface area (Å²) >= 11 is 1.59. The van der Waals surface area contributed by atoms with Gasteiger partial charge in [0, 0.05) is 11.1 Å². The Morgan fingerprint density at radius 3 is 2.67 bits per heavy atom. The summed E-state index contributed by atoms with van der Waals surface area (Å²) in [6.07, 6.45) is 0.870. The fourth-order valence-corrected chi connectivity index (χ4v) is 2.37. The molecule has 8 nitrogen and oxygen atoms in total. The molecule has 0 bridgehead atoms. The van der Waals surface area contributed by atoms with Crippen molar-refractivity contribution in [3.63, 3.8) is 0 Å². The summed E-state index contributed by atoms with van der Waals surface area (Å²) in [6, 6.07) is 0.223. The Balaban J connectivity index is 2.14. The van der Waals surface area contributed by atoms with Crippen LogP contribution < -0.4 is 21.3 Å². The van der Waals surface area contributed by atoms with Crippen molar-refractivity contribution in [3.8, 4) is 6.01 Å². The van der Waals surface area contributed by atoms with E-state index in [0.717, 1.165) is 17.1 Å². The van der Waals surface area contributed by atoms with Crippen molar-refractivity contribution >= 4 is 23.2 Å². The molecule has 2 rings (SSSR count). The molecule has 0 aromatic carbocycles. The van der Waals surface area contributed by atoms with Crippen LogP contribution in [0.25, 0.3) is 0 Å². The standard InChI is InChI=1S/C12H19N7OS/c1-4-5-20-12-17-10(16-11(18-12)19-13)15-8(3)9-14-7(2)6-21-9/h6,8H,4-5,13H2,1-3H3,(H2,15,16,17,18,19). The van der Waals surface area contributed by atoms with E-state index >= 15 is 0 Å². The first-order chi connectivity index (χ1) is 10.1. The van der Waals surface area contributed by atoms with Crippen LogP contribution in [0.3, 0.4) is 0 Å². The highest BCUT2D eigenvalue weighted by molar-refractivity contribution is 7.09. The SMILES string of the molecule is CCCOc1nc(NN)nc(NC(C)c2nc(C)cs2)n1. The zero-order valence-electron chi connectivity index (χ0n) is 12.3. The highest BCUT2D eigenvalue weighted by atomic mass is 32.1. The molecule has 0 saturated carbocycles. The molecule has 0 saturated heterocycles. The van der Waals surface area contributed by atoms with Gasteiger partial charge in [0.05, 0.1) is 12.6 Å². The monoisotopic (exact) mass is 309 g/mol. The van der Waals surface area contributed by atoms with E-state index in [-0.39, 0.29) is 18.0 Å². The van der Waals surface area contributed by atoms with Crippen LogP contribution in [0.1, 0.15) is 37.0 Å². The van der Waals surface area contributed by atoms with Gasteiger partial charge in [0.1, 0.15) is 5.01 Å². The fraction of sp³-hybridized carbons (Fsp3) is 0.500. The number of hydrogen-bond donors (Lipinski definition) is 3. The Labute approximate surface area is 127 Å². The smallest absolute Gasteiger partial charge is 0.323 e. The molecule has 2 aromatic heterocycles. The third kappa shape index (κ3) is 4.23. The van der Waals surface area contributed by atoms with E-state index in [1.807, 2.05) is 26.2 Å². The average molecular weight is 309 g/mol. The highest BCUT2D eigenvalue weighted by Crippen LogP contribution is 2.21. The summed E-state index contributed by atoms with van der Waals surface area (Å²) < 4.78 is 5.42. The Bertz CT molecular complexity index is 589. The summed E-state index contributed by atoms with van der Waals surface area (Å²) in [5.74, 6) is 6.01. The maximum absolute atomic E-state index is 5.42. The number of rotatable bonds is 7. The minimum absolute atomic E-state index is 0.0178. The Kier molecular flexibility index (Phi) is 5.23. The van der Waals surface area contributed by atoms with E-state index in [2.05, 4.69) is 30.7 Å². The molecule has 0 aliphatic rings.